The summed E-state index contributed by atoms with van der Waals surface area (Å²) >= 11 is 0. The molecule has 0 aliphatic heterocycles. The summed E-state index contributed by atoms with van der Waals surface area (Å²) in [6, 6.07) is 6.77. The Kier molecular flexibility index (Phi) is 6.38. The van der Waals surface area contributed by atoms with E-state index < -0.39 is 10.0 Å². The number of sulfonamides is 1. The van der Waals surface area contributed by atoms with Crippen molar-refractivity contribution in [2.75, 3.05) is 17.6 Å². The maximum Gasteiger partial charge on any atom is 0.211 e. The molecule has 3 rings (SSSR count). The molecule has 1 aromatic heterocycles. The van der Waals surface area contributed by atoms with Crippen LogP contribution in [0.25, 0.3) is 11.3 Å². The second kappa shape index (κ2) is 8.75. The predicted molar refractivity (Wildman–Crippen MR) is 104 cm³/mol. The molecule has 0 spiro atoms. The van der Waals surface area contributed by atoms with Crippen LogP contribution in [0.4, 0.5) is 10.2 Å². The van der Waals surface area contributed by atoms with Crippen molar-refractivity contribution in [3.63, 3.8) is 0 Å². The molecule has 1 saturated carbocycles. The maximum atomic E-state index is 14.0. The number of hydrogen-bond donors (Lipinski definition) is 2. The minimum absolute atomic E-state index is 0.112. The number of hydrogen-bond acceptors (Lipinski definition) is 5. The molecule has 0 radical (unpaired) electrons. The van der Waals surface area contributed by atoms with E-state index in [4.69, 9.17) is 0 Å². The number of nitrogens with zero attached hydrogens (tertiary/aromatic N) is 2. The van der Waals surface area contributed by atoms with Crippen LogP contribution in [0.5, 0.6) is 0 Å². The second-order valence-corrected chi connectivity index (χ2v) is 8.98. The molecule has 0 saturated heterocycles. The van der Waals surface area contributed by atoms with Crippen LogP contribution in [0.1, 0.15) is 32.6 Å². The topological polar surface area (TPSA) is 84.0 Å². The van der Waals surface area contributed by atoms with Gasteiger partial charge in [0.05, 0.1) is 23.8 Å². The lowest BCUT2D eigenvalue weighted by Crippen LogP contribution is -2.34. The highest BCUT2D eigenvalue weighted by molar-refractivity contribution is 7.89. The summed E-state index contributed by atoms with van der Waals surface area (Å²) < 4.78 is 39.7. The summed E-state index contributed by atoms with van der Waals surface area (Å²) in [6.45, 7) is 2.14. The molecule has 1 heterocycles. The summed E-state index contributed by atoms with van der Waals surface area (Å²) in [5.74, 6) is 0.783. The Bertz CT molecular complexity index is 868. The first-order valence-corrected chi connectivity index (χ1v) is 10.9. The van der Waals surface area contributed by atoms with Gasteiger partial charge in [0.15, 0.2) is 0 Å². The summed E-state index contributed by atoms with van der Waals surface area (Å²) in [5.41, 5.74) is 0.932. The van der Waals surface area contributed by atoms with Gasteiger partial charge in [0, 0.05) is 18.2 Å². The first kappa shape index (κ1) is 19.7. The largest absolute Gasteiger partial charge is 0.366 e. The molecule has 0 amide bonds. The van der Waals surface area contributed by atoms with Gasteiger partial charge in [-0.2, -0.15) is 0 Å². The van der Waals surface area contributed by atoms with Crippen molar-refractivity contribution in [2.24, 2.45) is 5.92 Å². The number of anilines is 1. The van der Waals surface area contributed by atoms with Crippen molar-refractivity contribution in [3.8, 4) is 11.3 Å². The fraction of sp³-hybridized carbons (Fsp3) is 0.474. The van der Waals surface area contributed by atoms with E-state index in [1.54, 1.807) is 37.5 Å². The zero-order valence-corrected chi connectivity index (χ0v) is 16.2. The maximum absolute atomic E-state index is 14.0. The molecule has 1 aliphatic rings. The number of rotatable bonds is 7. The Morgan fingerprint density at radius 3 is 2.59 bits per heavy atom. The highest BCUT2D eigenvalue weighted by Crippen LogP contribution is 2.27. The average Bonchev–Trinajstić information content (AvgIpc) is 2.68. The lowest BCUT2D eigenvalue weighted by Gasteiger charge is -2.29. The molecule has 1 fully saturated rings. The minimum atomic E-state index is -3.13. The van der Waals surface area contributed by atoms with Gasteiger partial charge in [-0.3, -0.25) is 4.98 Å². The number of benzene rings is 1. The fourth-order valence-corrected chi connectivity index (χ4v) is 3.99. The molecule has 8 heteroatoms. The van der Waals surface area contributed by atoms with Crippen LogP contribution in [0.15, 0.2) is 36.7 Å². The Balaban J connectivity index is 1.55. The zero-order valence-electron chi connectivity index (χ0n) is 15.4. The van der Waals surface area contributed by atoms with E-state index in [0.29, 0.717) is 29.5 Å². The molecule has 0 unspecified atom stereocenters. The van der Waals surface area contributed by atoms with Crippen molar-refractivity contribution in [1.29, 1.82) is 0 Å². The Hall–Kier alpha value is -2.06. The number of halogens is 1. The van der Waals surface area contributed by atoms with E-state index in [1.165, 1.54) is 6.07 Å². The van der Waals surface area contributed by atoms with Crippen molar-refractivity contribution in [3.05, 3.63) is 42.5 Å². The van der Waals surface area contributed by atoms with Gasteiger partial charge in [-0.05, 0) is 50.7 Å². The first-order chi connectivity index (χ1) is 13.0. The highest BCUT2D eigenvalue weighted by atomic mass is 32.2. The van der Waals surface area contributed by atoms with Crippen LogP contribution in [-0.4, -0.2) is 36.7 Å². The summed E-state index contributed by atoms with van der Waals surface area (Å²) in [7, 11) is -3.13. The Morgan fingerprint density at radius 1 is 1.15 bits per heavy atom. The molecule has 2 N–H and O–H groups in total. The van der Waals surface area contributed by atoms with Gasteiger partial charge in [-0.25, -0.2) is 22.5 Å². The van der Waals surface area contributed by atoms with Crippen molar-refractivity contribution < 1.29 is 12.8 Å². The lowest BCUT2D eigenvalue weighted by molar-refractivity contribution is 0.337. The van der Waals surface area contributed by atoms with Crippen LogP contribution in [-0.2, 0) is 10.0 Å². The molecule has 2 aromatic rings. The first-order valence-electron chi connectivity index (χ1n) is 9.27. The summed E-state index contributed by atoms with van der Waals surface area (Å²) in [5, 5.41) is 3.38. The SMILES string of the molecule is CCS(=O)(=O)NC[C@H]1CC[C@H](Nc2cncc(-c3ccccc3F)n2)CC1. The van der Waals surface area contributed by atoms with E-state index in [1.807, 2.05) is 0 Å². The monoisotopic (exact) mass is 392 g/mol. The van der Waals surface area contributed by atoms with Gasteiger partial charge in [-0.1, -0.05) is 12.1 Å². The van der Waals surface area contributed by atoms with Crippen LogP contribution in [0, 0.1) is 11.7 Å². The van der Waals surface area contributed by atoms with Gasteiger partial charge in [0.2, 0.25) is 10.0 Å². The molecule has 6 nitrogen and oxygen atoms in total. The van der Waals surface area contributed by atoms with Crippen LogP contribution >= 0.6 is 0 Å². The molecule has 1 aliphatic carbocycles. The van der Waals surface area contributed by atoms with Crippen molar-refractivity contribution in [1.82, 2.24) is 14.7 Å². The molecular formula is C19H25FN4O2S. The highest BCUT2D eigenvalue weighted by Gasteiger charge is 2.22. The van der Waals surface area contributed by atoms with E-state index >= 15 is 0 Å². The van der Waals surface area contributed by atoms with Gasteiger partial charge >= 0.3 is 0 Å². The van der Waals surface area contributed by atoms with E-state index in [-0.39, 0.29) is 17.6 Å². The standard InChI is InChI=1S/C19H25FN4O2S/c1-2-27(25,26)22-11-14-7-9-15(10-8-14)23-19-13-21-12-18(24-19)16-5-3-4-6-17(16)20/h3-6,12-15,22H,2,7-11H2,1H3,(H,23,24)/t14-,15-. The Labute approximate surface area is 159 Å². The molecule has 1 aromatic carbocycles. The normalized spacial score (nSPS) is 20.4. The van der Waals surface area contributed by atoms with Gasteiger partial charge in [0.1, 0.15) is 11.6 Å². The van der Waals surface area contributed by atoms with Gasteiger partial charge < -0.3 is 5.32 Å². The van der Waals surface area contributed by atoms with E-state index in [0.717, 1.165) is 25.7 Å². The summed E-state index contributed by atoms with van der Waals surface area (Å²) in [6.07, 6.45) is 6.97. The smallest absolute Gasteiger partial charge is 0.211 e. The second-order valence-electron chi connectivity index (χ2n) is 6.88. The van der Waals surface area contributed by atoms with Crippen molar-refractivity contribution >= 4 is 15.8 Å². The summed E-state index contributed by atoms with van der Waals surface area (Å²) in [4.78, 5) is 8.67. The van der Waals surface area contributed by atoms with Crippen LogP contribution in [0.3, 0.4) is 0 Å². The van der Waals surface area contributed by atoms with E-state index in [9.17, 15) is 12.8 Å². The number of nitrogens with one attached hydrogen (secondary N) is 2. The van der Waals surface area contributed by atoms with Gasteiger partial charge in [0.25, 0.3) is 0 Å². The molecule has 0 atom stereocenters. The predicted octanol–water partition coefficient (Wildman–Crippen LogP) is 3.19. The minimum Gasteiger partial charge on any atom is -0.366 e. The molecule has 0 bridgehead atoms. The molecule has 27 heavy (non-hydrogen) atoms. The molecule has 146 valence electrons. The molecular weight excluding hydrogens is 367 g/mol. The zero-order chi connectivity index (χ0) is 19.3. The average molecular weight is 393 g/mol. The third kappa shape index (κ3) is 5.46. The van der Waals surface area contributed by atoms with Gasteiger partial charge in [-0.15, -0.1) is 0 Å². The fourth-order valence-electron chi connectivity index (χ4n) is 3.30. The lowest BCUT2D eigenvalue weighted by atomic mass is 9.86. The van der Waals surface area contributed by atoms with Crippen LogP contribution in [0.2, 0.25) is 0 Å². The van der Waals surface area contributed by atoms with Crippen molar-refractivity contribution in [2.45, 2.75) is 38.6 Å². The van der Waals surface area contributed by atoms with E-state index in [2.05, 4.69) is 20.0 Å². The Morgan fingerprint density at radius 2 is 1.89 bits per heavy atom. The number of aromatic nitrogens is 2. The quantitative estimate of drug-likeness (QED) is 0.756. The third-order valence-corrected chi connectivity index (χ3v) is 6.32. The third-order valence-electron chi connectivity index (χ3n) is 4.96. The van der Waals surface area contributed by atoms with Crippen LogP contribution < -0.4 is 10.0 Å².